The van der Waals surface area contributed by atoms with Gasteiger partial charge in [0, 0.05) is 51.7 Å². The molecule has 1 heterocycles. The number of piperazine rings is 1. The molecule has 1 aliphatic carbocycles. The van der Waals surface area contributed by atoms with Gasteiger partial charge in [0.1, 0.15) is 0 Å². The molecular weight excluding hydrogens is 286 g/mol. The predicted octanol–water partition coefficient (Wildman–Crippen LogP) is 2.11. The van der Waals surface area contributed by atoms with Gasteiger partial charge in [-0.25, -0.2) is 0 Å². The predicted molar refractivity (Wildman–Crippen MR) is 93.1 cm³/mol. The zero-order valence-corrected chi connectivity index (χ0v) is 14.2. The summed E-state index contributed by atoms with van der Waals surface area (Å²) in [6, 6.07) is 11.2. The van der Waals surface area contributed by atoms with Crippen molar-refractivity contribution in [3.8, 4) is 0 Å². The average molecular weight is 315 g/mol. The first-order valence-corrected chi connectivity index (χ1v) is 9.00. The van der Waals surface area contributed by atoms with Gasteiger partial charge in [0.05, 0.1) is 0 Å². The summed E-state index contributed by atoms with van der Waals surface area (Å²) in [5.74, 6) is 1.14. The summed E-state index contributed by atoms with van der Waals surface area (Å²) < 4.78 is 0. The van der Waals surface area contributed by atoms with Crippen LogP contribution in [0.15, 0.2) is 30.3 Å². The summed E-state index contributed by atoms with van der Waals surface area (Å²) in [4.78, 5) is 17.0. The number of nitrogens with zero attached hydrogens (tertiary/aromatic N) is 2. The Kier molecular flexibility index (Phi) is 5.68. The highest BCUT2D eigenvalue weighted by Gasteiger charge is 2.32. The van der Waals surface area contributed by atoms with E-state index in [4.69, 9.17) is 0 Å². The third kappa shape index (κ3) is 4.79. The van der Waals surface area contributed by atoms with Gasteiger partial charge in [-0.1, -0.05) is 30.3 Å². The smallest absolute Gasteiger partial charge is 0.223 e. The van der Waals surface area contributed by atoms with Crippen molar-refractivity contribution < 1.29 is 4.79 Å². The van der Waals surface area contributed by atoms with E-state index in [2.05, 4.69) is 47.5 Å². The van der Waals surface area contributed by atoms with Crippen molar-refractivity contribution in [3.63, 3.8) is 0 Å². The average Bonchev–Trinajstić information content (AvgIpc) is 3.44. The second-order valence-corrected chi connectivity index (χ2v) is 6.91. The van der Waals surface area contributed by atoms with E-state index < -0.39 is 0 Å². The van der Waals surface area contributed by atoms with Crippen LogP contribution in [0.2, 0.25) is 0 Å². The number of carbonyl (C=O) groups is 1. The number of hydrogen-bond donors (Lipinski definition) is 1. The molecule has 4 heteroatoms. The SMILES string of the molecule is CC(C1CC1)N(CCC(=O)N1CCNCC1)Cc1ccccc1. The number of amides is 1. The van der Waals surface area contributed by atoms with Gasteiger partial charge in [-0.15, -0.1) is 0 Å². The molecule has 1 atom stereocenters. The number of benzene rings is 1. The molecule has 1 aromatic rings. The molecule has 1 saturated heterocycles. The van der Waals surface area contributed by atoms with Crippen LogP contribution in [0.5, 0.6) is 0 Å². The zero-order chi connectivity index (χ0) is 16.1. The van der Waals surface area contributed by atoms with Gasteiger partial charge >= 0.3 is 0 Å². The molecule has 4 nitrogen and oxygen atoms in total. The third-order valence-electron chi connectivity index (χ3n) is 5.19. The minimum Gasteiger partial charge on any atom is -0.340 e. The minimum absolute atomic E-state index is 0.313. The van der Waals surface area contributed by atoms with Gasteiger partial charge in [0.2, 0.25) is 5.91 Å². The topological polar surface area (TPSA) is 35.6 Å². The fourth-order valence-electron chi connectivity index (χ4n) is 3.43. The van der Waals surface area contributed by atoms with E-state index in [9.17, 15) is 4.79 Å². The van der Waals surface area contributed by atoms with Gasteiger partial charge in [-0.05, 0) is 31.2 Å². The maximum Gasteiger partial charge on any atom is 0.223 e. The molecule has 1 N–H and O–H groups in total. The van der Waals surface area contributed by atoms with Crippen molar-refractivity contribution in [3.05, 3.63) is 35.9 Å². The van der Waals surface area contributed by atoms with Crippen LogP contribution in [0.1, 0.15) is 31.7 Å². The van der Waals surface area contributed by atoms with Crippen LogP contribution in [0, 0.1) is 5.92 Å². The lowest BCUT2D eigenvalue weighted by Gasteiger charge is -2.31. The number of carbonyl (C=O) groups excluding carboxylic acids is 1. The lowest BCUT2D eigenvalue weighted by atomic mass is 10.1. The Morgan fingerprint density at radius 2 is 1.96 bits per heavy atom. The lowest BCUT2D eigenvalue weighted by molar-refractivity contribution is -0.132. The third-order valence-corrected chi connectivity index (χ3v) is 5.19. The van der Waals surface area contributed by atoms with E-state index >= 15 is 0 Å². The van der Waals surface area contributed by atoms with E-state index in [0.717, 1.165) is 45.2 Å². The summed E-state index contributed by atoms with van der Waals surface area (Å²) >= 11 is 0. The van der Waals surface area contributed by atoms with Crippen LogP contribution in [0.3, 0.4) is 0 Å². The lowest BCUT2D eigenvalue weighted by Crippen LogP contribution is -2.47. The maximum atomic E-state index is 12.4. The summed E-state index contributed by atoms with van der Waals surface area (Å²) in [6.45, 7) is 7.72. The van der Waals surface area contributed by atoms with Crippen LogP contribution in [0.4, 0.5) is 0 Å². The molecule has 1 saturated carbocycles. The summed E-state index contributed by atoms with van der Waals surface area (Å²) in [7, 11) is 0. The van der Waals surface area contributed by atoms with Crippen LogP contribution < -0.4 is 5.32 Å². The van der Waals surface area contributed by atoms with Crippen LogP contribution in [-0.4, -0.2) is 54.5 Å². The van der Waals surface area contributed by atoms with Crippen LogP contribution in [0.25, 0.3) is 0 Å². The molecule has 0 aromatic heterocycles. The van der Waals surface area contributed by atoms with Gasteiger partial charge in [0.25, 0.3) is 0 Å². The van der Waals surface area contributed by atoms with Crippen molar-refractivity contribution in [2.24, 2.45) is 5.92 Å². The van der Waals surface area contributed by atoms with E-state index in [1.807, 2.05) is 4.90 Å². The van der Waals surface area contributed by atoms with Gasteiger partial charge < -0.3 is 10.2 Å². The Bertz CT molecular complexity index is 495. The Balaban J connectivity index is 1.55. The first kappa shape index (κ1) is 16.5. The van der Waals surface area contributed by atoms with Crippen LogP contribution in [-0.2, 0) is 11.3 Å². The highest BCUT2D eigenvalue weighted by molar-refractivity contribution is 5.76. The number of rotatable bonds is 7. The summed E-state index contributed by atoms with van der Waals surface area (Å²) in [5.41, 5.74) is 1.34. The Hall–Kier alpha value is -1.39. The van der Waals surface area contributed by atoms with Crippen molar-refractivity contribution in [1.82, 2.24) is 15.1 Å². The highest BCUT2D eigenvalue weighted by atomic mass is 16.2. The van der Waals surface area contributed by atoms with Gasteiger partial charge in [-0.3, -0.25) is 9.69 Å². The van der Waals surface area contributed by atoms with Gasteiger partial charge in [-0.2, -0.15) is 0 Å². The molecule has 126 valence electrons. The Morgan fingerprint density at radius 1 is 1.26 bits per heavy atom. The second kappa shape index (κ2) is 7.93. The normalized spacial score (nSPS) is 19.8. The zero-order valence-electron chi connectivity index (χ0n) is 14.2. The second-order valence-electron chi connectivity index (χ2n) is 6.91. The monoisotopic (exact) mass is 315 g/mol. The van der Waals surface area contributed by atoms with Crippen molar-refractivity contribution in [2.45, 2.75) is 38.8 Å². The standard InChI is InChI=1S/C19H29N3O/c1-16(18-7-8-18)22(15-17-5-3-2-4-6-17)12-9-19(23)21-13-10-20-11-14-21/h2-6,16,18,20H,7-15H2,1H3. The molecule has 0 bridgehead atoms. The highest BCUT2D eigenvalue weighted by Crippen LogP contribution is 2.35. The largest absolute Gasteiger partial charge is 0.340 e. The molecule has 1 aliphatic heterocycles. The fraction of sp³-hybridized carbons (Fsp3) is 0.632. The number of nitrogens with one attached hydrogen (secondary N) is 1. The molecule has 23 heavy (non-hydrogen) atoms. The van der Waals surface area contributed by atoms with Gasteiger partial charge in [0.15, 0.2) is 0 Å². The van der Waals surface area contributed by atoms with Crippen molar-refractivity contribution in [2.75, 3.05) is 32.7 Å². The fourth-order valence-corrected chi connectivity index (χ4v) is 3.43. The Labute approximate surface area is 139 Å². The molecule has 3 rings (SSSR count). The van der Waals surface area contributed by atoms with E-state index in [0.29, 0.717) is 18.4 Å². The first-order valence-electron chi connectivity index (χ1n) is 9.00. The van der Waals surface area contributed by atoms with E-state index in [1.165, 1.54) is 18.4 Å². The van der Waals surface area contributed by atoms with Crippen molar-refractivity contribution in [1.29, 1.82) is 0 Å². The molecule has 1 unspecified atom stereocenters. The van der Waals surface area contributed by atoms with Crippen molar-refractivity contribution >= 4 is 5.91 Å². The molecule has 2 fully saturated rings. The van der Waals surface area contributed by atoms with E-state index in [-0.39, 0.29) is 0 Å². The molecule has 1 amide bonds. The molecule has 0 radical (unpaired) electrons. The minimum atomic E-state index is 0.313. The number of hydrogen-bond acceptors (Lipinski definition) is 3. The summed E-state index contributed by atoms with van der Waals surface area (Å²) in [5, 5.41) is 3.30. The first-order chi connectivity index (χ1) is 11.2. The quantitative estimate of drug-likeness (QED) is 0.837. The molecule has 1 aromatic carbocycles. The van der Waals surface area contributed by atoms with E-state index in [1.54, 1.807) is 0 Å². The summed E-state index contributed by atoms with van der Waals surface area (Å²) in [6.07, 6.45) is 3.33. The van der Waals surface area contributed by atoms with Crippen LogP contribution >= 0.6 is 0 Å². The molecule has 0 spiro atoms. The molecule has 2 aliphatic rings. The Morgan fingerprint density at radius 3 is 2.61 bits per heavy atom. The maximum absolute atomic E-state index is 12.4. The molecular formula is C19H29N3O.